The number of nitrogens with zero attached hydrogens (tertiary/aromatic N) is 2. The summed E-state index contributed by atoms with van der Waals surface area (Å²) < 4.78 is 5.12. The van der Waals surface area contributed by atoms with Crippen LogP contribution in [0.5, 0.6) is 0 Å². The number of para-hydroxylation sites is 1. The van der Waals surface area contributed by atoms with Crippen LogP contribution < -0.4 is 10.7 Å². The van der Waals surface area contributed by atoms with Crippen molar-refractivity contribution in [1.82, 2.24) is 4.98 Å². The van der Waals surface area contributed by atoms with Gasteiger partial charge in [-0.25, -0.2) is 9.78 Å². The molecule has 0 aliphatic rings. The number of anilines is 3. The second-order valence-corrected chi connectivity index (χ2v) is 6.55. The minimum atomic E-state index is -0.520. The SMILES string of the molecule is CCOC(=O)/C(=N\Nc1ccccc1)c1csc(Nc2ccc(C)cc2)n1. The molecule has 6 nitrogen and oxygen atoms in total. The molecule has 0 unspecified atom stereocenters. The molecule has 2 aromatic carbocycles. The molecule has 0 aliphatic heterocycles. The maximum atomic E-state index is 12.3. The normalized spacial score (nSPS) is 11.1. The smallest absolute Gasteiger partial charge is 0.361 e. The van der Waals surface area contributed by atoms with Crippen LogP contribution in [-0.2, 0) is 9.53 Å². The number of rotatable bonds is 7. The van der Waals surface area contributed by atoms with E-state index < -0.39 is 5.97 Å². The Bertz CT molecular complexity index is 921. The van der Waals surface area contributed by atoms with Crippen LogP contribution in [0.25, 0.3) is 0 Å². The van der Waals surface area contributed by atoms with Crippen LogP contribution in [0.15, 0.2) is 65.1 Å². The Balaban J connectivity index is 1.80. The van der Waals surface area contributed by atoms with Crippen LogP contribution >= 0.6 is 11.3 Å². The van der Waals surface area contributed by atoms with Crippen LogP contribution in [-0.4, -0.2) is 23.3 Å². The highest BCUT2D eigenvalue weighted by Crippen LogP contribution is 2.22. The van der Waals surface area contributed by atoms with E-state index in [0.717, 1.165) is 11.4 Å². The van der Waals surface area contributed by atoms with Gasteiger partial charge in [0.15, 0.2) is 10.8 Å². The van der Waals surface area contributed by atoms with E-state index in [1.54, 1.807) is 12.3 Å². The van der Waals surface area contributed by atoms with Crippen LogP contribution in [0.4, 0.5) is 16.5 Å². The standard InChI is InChI=1S/C20H20N4O2S/c1-3-26-19(25)18(24-23-16-7-5-4-6-8-16)17-13-27-20(22-17)21-15-11-9-14(2)10-12-15/h4-13,23H,3H2,1-2H3,(H,21,22)/b24-18-. The van der Waals surface area contributed by atoms with Gasteiger partial charge in [0.25, 0.3) is 0 Å². The van der Waals surface area contributed by atoms with Gasteiger partial charge in [0.1, 0.15) is 5.69 Å². The zero-order valence-corrected chi connectivity index (χ0v) is 15.9. The molecule has 7 heteroatoms. The van der Waals surface area contributed by atoms with Gasteiger partial charge < -0.3 is 10.1 Å². The number of aryl methyl sites for hydroxylation is 1. The molecule has 0 atom stereocenters. The average molecular weight is 380 g/mol. The van der Waals surface area contributed by atoms with E-state index in [-0.39, 0.29) is 12.3 Å². The molecule has 3 aromatic rings. The van der Waals surface area contributed by atoms with E-state index in [9.17, 15) is 4.79 Å². The van der Waals surface area contributed by atoms with E-state index in [0.29, 0.717) is 10.8 Å². The number of benzene rings is 2. The van der Waals surface area contributed by atoms with Crippen molar-refractivity contribution in [2.75, 3.05) is 17.3 Å². The highest BCUT2D eigenvalue weighted by molar-refractivity contribution is 7.14. The third-order valence-corrected chi connectivity index (χ3v) is 4.35. The molecule has 1 heterocycles. The molecule has 1 aromatic heterocycles. The first kappa shape index (κ1) is 18.6. The molecule has 0 saturated carbocycles. The van der Waals surface area contributed by atoms with Gasteiger partial charge in [0.2, 0.25) is 0 Å². The largest absolute Gasteiger partial charge is 0.461 e. The Hall–Kier alpha value is -3.19. The van der Waals surface area contributed by atoms with E-state index in [2.05, 4.69) is 20.8 Å². The third-order valence-electron chi connectivity index (χ3n) is 3.59. The number of ether oxygens (including phenoxy) is 1. The molecule has 138 valence electrons. The van der Waals surface area contributed by atoms with Gasteiger partial charge in [-0.05, 0) is 38.1 Å². The molecule has 0 bridgehead atoms. The lowest BCUT2D eigenvalue weighted by Crippen LogP contribution is -2.20. The fraction of sp³-hybridized carbons (Fsp3) is 0.150. The quantitative estimate of drug-likeness (QED) is 0.357. The van der Waals surface area contributed by atoms with Crippen LogP contribution in [0.1, 0.15) is 18.2 Å². The summed E-state index contributed by atoms with van der Waals surface area (Å²) in [5.74, 6) is -0.520. The van der Waals surface area contributed by atoms with E-state index in [4.69, 9.17) is 4.74 Å². The van der Waals surface area contributed by atoms with Gasteiger partial charge in [-0.3, -0.25) is 5.43 Å². The minimum Gasteiger partial charge on any atom is -0.461 e. The van der Waals surface area contributed by atoms with Crippen molar-refractivity contribution in [1.29, 1.82) is 0 Å². The molecule has 0 aliphatic carbocycles. The predicted molar refractivity (Wildman–Crippen MR) is 110 cm³/mol. The first-order chi connectivity index (χ1) is 13.2. The van der Waals surface area contributed by atoms with Crippen molar-refractivity contribution in [2.24, 2.45) is 5.10 Å². The van der Waals surface area contributed by atoms with Gasteiger partial charge in [0, 0.05) is 11.1 Å². The lowest BCUT2D eigenvalue weighted by atomic mass is 10.2. The number of nitrogens with one attached hydrogen (secondary N) is 2. The summed E-state index contributed by atoms with van der Waals surface area (Å²) in [6.45, 7) is 4.06. The third kappa shape index (κ3) is 5.15. The number of carbonyl (C=O) groups is 1. The van der Waals surface area contributed by atoms with E-state index in [1.807, 2.05) is 61.5 Å². The van der Waals surface area contributed by atoms with Crippen molar-refractivity contribution in [3.05, 3.63) is 71.2 Å². The Morgan fingerprint density at radius 2 is 1.85 bits per heavy atom. The molecule has 0 saturated heterocycles. The molecule has 2 N–H and O–H groups in total. The molecular weight excluding hydrogens is 360 g/mol. The van der Waals surface area contributed by atoms with Gasteiger partial charge in [0.05, 0.1) is 12.3 Å². The van der Waals surface area contributed by atoms with Crippen molar-refractivity contribution in [3.8, 4) is 0 Å². The number of aromatic nitrogens is 1. The maximum Gasteiger partial charge on any atom is 0.361 e. The summed E-state index contributed by atoms with van der Waals surface area (Å²) in [4.78, 5) is 16.8. The Kier molecular flexibility index (Phi) is 6.17. The van der Waals surface area contributed by atoms with Gasteiger partial charge in [-0.2, -0.15) is 5.10 Å². The monoisotopic (exact) mass is 380 g/mol. The number of hydrogen-bond acceptors (Lipinski definition) is 7. The van der Waals surface area contributed by atoms with Crippen molar-refractivity contribution in [2.45, 2.75) is 13.8 Å². The Morgan fingerprint density at radius 3 is 2.56 bits per heavy atom. The Labute approximate surface area is 161 Å². The highest BCUT2D eigenvalue weighted by Gasteiger charge is 2.19. The van der Waals surface area contributed by atoms with Crippen molar-refractivity contribution in [3.63, 3.8) is 0 Å². The van der Waals surface area contributed by atoms with E-state index in [1.165, 1.54) is 16.9 Å². The number of esters is 1. The molecule has 0 amide bonds. The number of hydrazone groups is 1. The maximum absolute atomic E-state index is 12.3. The second kappa shape index (κ2) is 8.95. The van der Waals surface area contributed by atoms with E-state index >= 15 is 0 Å². The van der Waals surface area contributed by atoms with Crippen LogP contribution in [0, 0.1) is 6.92 Å². The fourth-order valence-corrected chi connectivity index (χ4v) is 2.96. The zero-order chi connectivity index (χ0) is 19.1. The summed E-state index contributed by atoms with van der Waals surface area (Å²) in [5.41, 5.74) is 6.35. The highest BCUT2D eigenvalue weighted by atomic mass is 32.1. The zero-order valence-electron chi connectivity index (χ0n) is 15.1. The topological polar surface area (TPSA) is 75.6 Å². The first-order valence-corrected chi connectivity index (χ1v) is 9.39. The van der Waals surface area contributed by atoms with Crippen LogP contribution in [0.2, 0.25) is 0 Å². The number of hydrogen-bond donors (Lipinski definition) is 2. The minimum absolute atomic E-state index is 0.133. The fourth-order valence-electron chi connectivity index (χ4n) is 2.24. The summed E-state index contributed by atoms with van der Waals surface area (Å²) in [7, 11) is 0. The van der Waals surface area contributed by atoms with Crippen LogP contribution in [0.3, 0.4) is 0 Å². The molecule has 0 spiro atoms. The summed E-state index contributed by atoms with van der Waals surface area (Å²) >= 11 is 1.40. The molecule has 3 rings (SSSR count). The second-order valence-electron chi connectivity index (χ2n) is 5.69. The molecular formula is C20H20N4O2S. The predicted octanol–water partition coefficient (Wildman–Crippen LogP) is 4.57. The summed E-state index contributed by atoms with van der Waals surface area (Å²) in [6, 6.07) is 17.4. The van der Waals surface area contributed by atoms with Crippen molar-refractivity contribution >= 4 is 39.5 Å². The van der Waals surface area contributed by atoms with Gasteiger partial charge >= 0.3 is 5.97 Å². The van der Waals surface area contributed by atoms with Gasteiger partial charge in [-0.15, -0.1) is 11.3 Å². The molecule has 0 fully saturated rings. The van der Waals surface area contributed by atoms with Crippen molar-refractivity contribution < 1.29 is 9.53 Å². The average Bonchev–Trinajstić information content (AvgIpc) is 3.13. The lowest BCUT2D eigenvalue weighted by Gasteiger charge is -2.05. The number of carbonyl (C=O) groups excluding carboxylic acids is 1. The lowest BCUT2D eigenvalue weighted by molar-refractivity contribution is -0.134. The first-order valence-electron chi connectivity index (χ1n) is 8.51. The summed E-state index contributed by atoms with van der Waals surface area (Å²) in [6.07, 6.45) is 0. The molecule has 0 radical (unpaired) electrons. The molecule has 27 heavy (non-hydrogen) atoms. The Morgan fingerprint density at radius 1 is 1.11 bits per heavy atom. The summed E-state index contributed by atoms with van der Waals surface area (Å²) in [5, 5.41) is 9.90. The van der Waals surface area contributed by atoms with Gasteiger partial charge in [-0.1, -0.05) is 35.9 Å². The number of thiazole rings is 1.